The van der Waals surface area contributed by atoms with E-state index in [1.54, 1.807) is 18.5 Å². The van der Waals surface area contributed by atoms with Gasteiger partial charge in [-0.05, 0) is 9.91 Å². The number of H-pyrrole nitrogens is 1. The van der Waals surface area contributed by atoms with Crippen LogP contribution in [0, 0.1) is 17.0 Å². The SMILES string of the molecule is Cc1nc([N+](=O)[O-])c(-c2cn[nH]n2)n1C. The van der Waals surface area contributed by atoms with E-state index in [4.69, 9.17) is 0 Å². The number of aromatic amines is 1. The Morgan fingerprint density at radius 2 is 2.33 bits per heavy atom. The minimum Gasteiger partial charge on any atom is -0.358 e. The summed E-state index contributed by atoms with van der Waals surface area (Å²) in [5, 5.41) is 20.6. The zero-order chi connectivity index (χ0) is 11.0. The molecular formula is C7H8N6O2. The highest BCUT2D eigenvalue weighted by atomic mass is 16.6. The predicted molar refractivity (Wildman–Crippen MR) is 50.0 cm³/mol. The fraction of sp³-hybridized carbons (Fsp3) is 0.286. The molecule has 2 heterocycles. The first-order valence-electron chi connectivity index (χ1n) is 4.15. The van der Waals surface area contributed by atoms with Gasteiger partial charge in [0.25, 0.3) is 0 Å². The average Bonchev–Trinajstić information content (AvgIpc) is 2.76. The predicted octanol–water partition coefficient (Wildman–Crippen LogP) is 0.422. The molecule has 0 atom stereocenters. The van der Waals surface area contributed by atoms with E-state index < -0.39 is 4.92 Å². The number of hydrogen-bond donors (Lipinski definition) is 1. The smallest absolute Gasteiger partial charge is 0.358 e. The van der Waals surface area contributed by atoms with Gasteiger partial charge in [-0.3, -0.25) is 0 Å². The number of nitro groups is 1. The van der Waals surface area contributed by atoms with E-state index in [0.717, 1.165) is 0 Å². The summed E-state index contributed by atoms with van der Waals surface area (Å²) >= 11 is 0. The van der Waals surface area contributed by atoms with Gasteiger partial charge in [0.05, 0.1) is 6.20 Å². The van der Waals surface area contributed by atoms with Crippen molar-refractivity contribution in [1.29, 1.82) is 0 Å². The van der Waals surface area contributed by atoms with E-state index in [0.29, 0.717) is 17.2 Å². The van der Waals surface area contributed by atoms with Crippen LogP contribution in [0.15, 0.2) is 6.20 Å². The van der Waals surface area contributed by atoms with Gasteiger partial charge in [-0.1, -0.05) is 0 Å². The van der Waals surface area contributed by atoms with E-state index in [9.17, 15) is 10.1 Å². The molecule has 0 fully saturated rings. The molecule has 0 saturated heterocycles. The van der Waals surface area contributed by atoms with Gasteiger partial charge in [0.15, 0.2) is 5.69 Å². The van der Waals surface area contributed by atoms with Crippen LogP contribution >= 0.6 is 0 Å². The first-order chi connectivity index (χ1) is 7.11. The van der Waals surface area contributed by atoms with E-state index in [1.807, 2.05) is 0 Å². The summed E-state index contributed by atoms with van der Waals surface area (Å²) in [5.74, 6) is 0.351. The minimum absolute atomic E-state index is 0.205. The molecular weight excluding hydrogens is 200 g/mol. The second kappa shape index (κ2) is 3.15. The lowest BCUT2D eigenvalue weighted by Gasteiger charge is -1.96. The molecule has 0 amide bonds. The molecule has 8 nitrogen and oxygen atoms in total. The Labute approximate surface area is 84.1 Å². The van der Waals surface area contributed by atoms with Crippen molar-refractivity contribution in [2.75, 3.05) is 0 Å². The van der Waals surface area contributed by atoms with Crippen LogP contribution in [0.4, 0.5) is 5.82 Å². The highest BCUT2D eigenvalue weighted by molar-refractivity contribution is 5.63. The van der Waals surface area contributed by atoms with E-state index in [1.165, 1.54) is 6.20 Å². The molecule has 0 radical (unpaired) electrons. The Balaban J connectivity index is 2.68. The van der Waals surface area contributed by atoms with Crippen molar-refractivity contribution in [2.24, 2.45) is 7.05 Å². The minimum atomic E-state index is -0.531. The Morgan fingerprint density at radius 1 is 1.60 bits per heavy atom. The molecule has 0 unspecified atom stereocenters. The maximum Gasteiger partial charge on any atom is 0.391 e. The van der Waals surface area contributed by atoms with Gasteiger partial charge in [-0.25, -0.2) is 0 Å². The molecule has 15 heavy (non-hydrogen) atoms. The average molecular weight is 208 g/mol. The number of aryl methyl sites for hydroxylation is 1. The fourth-order valence-corrected chi connectivity index (χ4v) is 1.32. The highest BCUT2D eigenvalue weighted by Crippen LogP contribution is 2.27. The Bertz CT molecular complexity index is 500. The largest absolute Gasteiger partial charge is 0.391 e. The molecule has 0 spiro atoms. The van der Waals surface area contributed by atoms with Crippen LogP contribution in [0.5, 0.6) is 0 Å². The van der Waals surface area contributed by atoms with Gasteiger partial charge in [0.2, 0.25) is 5.82 Å². The summed E-state index contributed by atoms with van der Waals surface area (Å²) in [7, 11) is 1.69. The second-order valence-electron chi connectivity index (χ2n) is 3.00. The van der Waals surface area contributed by atoms with Gasteiger partial charge < -0.3 is 14.7 Å². The molecule has 0 bridgehead atoms. The number of nitrogens with one attached hydrogen (secondary N) is 1. The standard InChI is InChI=1S/C7H8N6O2/c1-4-9-7(13(14)15)6(12(4)2)5-3-8-11-10-5/h3H,1-2H3,(H,8,10,11). The molecule has 0 aliphatic rings. The van der Waals surface area contributed by atoms with Crippen LogP contribution in [0.25, 0.3) is 11.4 Å². The lowest BCUT2D eigenvalue weighted by atomic mass is 10.3. The van der Waals surface area contributed by atoms with Crippen molar-refractivity contribution in [3.63, 3.8) is 0 Å². The number of aromatic nitrogens is 5. The van der Waals surface area contributed by atoms with Crippen molar-refractivity contribution in [1.82, 2.24) is 25.0 Å². The van der Waals surface area contributed by atoms with Crippen LogP contribution in [0.2, 0.25) is 0 Å². The van der Waals surface area contributed by atoms with Gasteiger partial charge in [-0.15, -0.1) is 0 Å². The summed E-state index contributed by atoms with van der Waals surface area (Å²) in [4.78, 5) is 14.1. The van der Waals surface area contributed by atoms with Gasteiger partial charge >= 0.3 is 5.82 Å². The molecule has 0 aliphatic carbocycles. The zero-order valence-electron chi connectivity index (χ0n) is 8.13. The Hall–Kier alpha value is -2.25. The summed E-state index contributed by atoms with van der Waals surface area (Å²) in [6.07, 6.45) is 1.42. The van der Waals surface area contributed by atoms with Crippen molar-refractivity contribution >= 4 is 5.82 Å². The summed E-state index contributed by atoms with van der Waals surface area (Å²) < 4.78 is 1.61. The van der Waals surface area contributed by atoms with Gasteiger partial charge in [0, 0.05) is 14.0 Å². The van der Waals surface area contributed by atoms with Crippen molar-refractivity contribution in [3.8, 4) is 11.4 Å². The molecule has 0 saturated carbocycles. The van der Waals surface area contributed by atoms with Crippen molar-refractivity contribution in [2.45, 2.75) is 6.92 Å². The first-order valence-corrected chi connectivity index (χ1v) is 4.15. The number of nitrogens with zero attached hydrogens (tertiary/aromatic N) is 5. The lowest BCUT2D eigenvalue weighted by molar-refractivity contribution is -0.388. The van der Waals surface area contributed by atoms with E-state index in [-0.39, 0.29) is 5.82 Å². The first kappa shape index (κ1) is 9.31. The van der Waals surface area contributed by atoms with Crippen molar-refractivity contribution < 1.29 is 4.92 Å². The third-order valence-corrected chi connectivity index (χ3v) is 2.13. The molecule has 2 aromatic heterocycles. The second-order valence-corrected chi connectivity index (χ2v) is 3.00. The third-order valence-electron chi connectivity index (χ3n) is 2.13. The number of hydrogen-bond acceptors (Lipinski definition) is 5. The molecule has 8 heteroatoms. The molecule has 0 aromatic carbocycles. The maximum absolute atomic E-state index is 10.8. The topological polar surface area (TPSA) is 103 Å². The number of rotatable bonds is 2. The normalized spacial score (nSPS) is 10.5. The quantitative estimate of drug-likeness (QED) is 0.569. The van der Waals surface area contributed by atoms with Crippen LogP contribution < -0.4 is 0 Å². The molecule has 78 valence electrons. The number of imidazole rings is 1. The summed E-state index contributed by atoms with van der Waals surface area (Å²) in [5.41, 5.74) is 0.760. The highest BCUT2D eigenvalue weighted by Gasteiger charge is 2.26. The zero-order valence-corrected chi connectivity index (χ0v) is 8.13. The molecule has 2 rings (SSSR count). The third kappa shape index (κ3) is 1.35. The van der Waals surface area contributed by atoms with Crippen molar-refractivity contribution in [3.05, 3.63) is 22.1 Å². The summed E-state index contributed by atoms with van der Waals surface area (Å²) in [6, 6.07) is 0. The summed E-state index contributed by atoms with van der Waals surface area (Å²) in [6.45, 7) is 1.69. The van der Waals surface area contributed by atoms with Crippen LogP contribution in [-0.2, 0) is 7.05 Å². The van der Waals surface area contributed by atoms with Crippen LogP contribution in [-0.4, -0.2) is 29.9 Å². The molecule has 2 aromatic rings. The van der Waals surface area contributed by atoms with E-state index in [2.05, 4.69) is 20.4 Å². The Kier molecular flexibility index (Phi) is 1.96. The van der Waals surface area contributed by atoms with Crippen LogP contribution in [0.3, 0.4) is 0 Å². The maximum atomic E-state index is 10.8. The molecule has 1 N–H and O–H groups in total. The van der Waals surface area contributed by atoms with Crippen LogP contribution in [0.1, 0.15) is 5.82 Å². The fourth-order valence-electron chi connectivity index (χ4n) is 1.32. The monoisotopic (exact) mass is 208 g/mol. The van der Waals surface area contributed by atoms with Gasteiger partial charge in [0.1, 0.15) is 5.69 Å². The van der Waals surface area contributed by atoms with E-state index >= 15 is 0 Å². The Morgan fingerprint density at radius 3 is 2.87 bits per heavy atom. The van der Waals surface area contributed by atoms with Gasteiger partial charge in [-0.2, -0.15) is 15.4 Å². The molecule has 0 aliphatic heterocycles. The lowest BCUT2D eigenvalue weighted by Crippen LogP contribution is -1.96.